The van der Waals surface area contributed by atoms with Crippen LogP contribution >= 0.6 is 0 Å². The zero-order chi connectivity index (χ0) is 24.7. The number of aromatic nitrogens is 1. The molecule has 1 aliphatic rings. The SMILES string of the molecule is CCS(=O)(=O)c1ccc(-c2ccc3c(n2)Oc2ccccc2[C@@H]3C(C)(C)C(=O)NC(N)=O)cc1. The monoisotopic (exact) mass is 479 g/mol. The molecule has 0 spiro atoms. The Bertz CT molecular complexity index is 1380. The van der Waals surface area contributed by atoms with Crippen molar-refractivity contribution in [1.82, 2.24) is 10.3 Å². The maximum absolute atomic E-state index is 12.9. The maximum Gasteiger partial charge on any atom is 0.318 e. The number of amides is 3. The Morgan fingerprint density at radius 2 is 1.71 bits per heavy atom. The molecule has 9 heteroatoms. The Balaban J connectivity index is 1.78. The highest BCUT2D eigenvalue weighted by Gasteiger charge is 2.44. The topological polar surface area (TPSA) is 128 Å². The number of carbonyl (C=O) groups is 2. The Morgan fingerprint density at radius 3 is 2.35 bits per heavy atom. The van der Waals surface area contributed by atoms with Crippen LogP contribution in [0.2, 0.25) is 0 Å². The number of benzene rings is 2. The van der Waals surface area contributed by atoms with Crippen LogP contribution in [-0.2, 0) is 14.6 Å². The van der Waals surface area contributed by atoms with Crippen molar-refractivity contribution in [3.05, 3.63) is 71.8 Å². The van der Waals surface area contributed by atoms with E-state index in [1.54, 1.807) is 57.2 Å². The molecule has 8 nitrogen and oxygen atoms in total. The molecule has 3 aromatic rings. The van der Waals surface area contributed by atoms with Gasteiger partial charge in [-0.2, -0.15) is 0 Å². The molecular formula is C25H25N3O5S. The highest BCUT2D eigenvalue weighted by atomic mass is 32.2. The van der Waals surface area contributed by atoms with Gasteiger partial charge in [-0.1, -0.05) is 57.2 Å². The number of primary amides is 1. The standard InChI is InChI=1S/C25H25N3O5S/c1-4-34(31,32)16-11-9-15(10-12-16)19-14-13-18-21(25(2,3)23(29)28-24(26)30)17-7-5-6-8-20(17)33-22(18)27-19/h5-14,21H,4H2,1-3H3,(H3,26,28,29,30)/t21-/m0/s1. The van der Waals surface area contributed by atoms with Gasteiger partial charge in [0.15, 0.2) is 9.84 Å². The van der Waals surface area contributed by atoms with E-state index in [2.05, 4.69) is 10.3 Å². The average Bonchev–Trinajstić information content (AvgIpc) is 2.81. The van der Waals surface area contributed by atoms with Gasteiger partial charge in [-0.05, 0) is 24.3 Å². The smallest absolute Gasteiger partial charge is 0.318 e. The lowest BCUT2D eigenvalue weighted by atomic mass is 9.69. The van der Waals surface area contributed by atoms with Gasteiger partial charge < -0.3 is 10.5 Å². The summed E-state index contributed by atoms with van der Waals surface area (Å²) >= 11 is 0. The predicted octanol–water partition coefficient (Wildman–Crippen LogP) is 4.00. The first-order valence-electron chi connectivity index (χ1n) is 10.8. The number of nitrogens with zero attached hydrogens (tertiary/aromatic N) is 1. The molecule has 3 amide bonds. The first-order valence-corrected chi connectivity index (χ1v) is 12.4. The summed E-state index contributed by atoms with van der Waals surface area (Å²) in [4.78, 5) is 29.2. The third-order valence-corrected chi connectivity index (χ3v) is 7.82. The van der Waals surface area contributed by atoms with Gasteiger partial charge in [-0.3, -0.25) is 10.1 Å². The first kappa shape index (κ1) is 23.4. The van der Waals surface area contributed by atoms with E-state index in [0.717, 1.165) is 11.1 Å². The summed E-state index contributed by atoms with van der Waals surface area (Å²) in [6.07, 6.45) is 0. The normalized spacial score (nSPS) is 15.0. The highest BCUT2D eigenvalue weighted by Crippen LogP contribution is 2.51. The second-order valence-corrected chi connectivity index (χ2v) is 10.9. The van der Waals surface area contributed by atoms with Crippen LogP contribution in [0, 0.1) is 5.41 Å². The van der Waals surface area contributed by atoms with Crippen molar-refractivity contribution in [2.75, 3.05) is 5.75 Å². The molecule has 0 saturated heterocycles. The van der Waals surface area contributed by atoms with Crippen LogP contribution in [0.15, 0.2) is 65.6 Å². The molecule has 176 valence electrons. The lowest BCUT2D eigenvalue weighted by molar-refractivity contribution is -0.128. The van der Waals surface area contributed by atoms with Crippen LogP contribution in [0.5, 0.6) is 11.6 Å². The fourth-order valence-electron chi connectivity index (χ4n) is 4.18. The molecule has 0 unspecified atom stereocenters. The van der Waals surface area contributed by atoms with Crippen molar-refractivity contribution in [1.29, 1.82) is 0 Å². The maximum atomic E-state index is 12.9. The number of pyridine rings is 1. The van der Waals surface area contributed by atoms with Crippen LogP contribution in [0.1, 0.15) is 37.8 Å². The molecule has 4 rings (SSSR count). The molecule has 0 radical (unpaired) electrons. The third kappa shape index (κ3) is 4.14. The Labute approximate surface area is 198 Å². The minimum Gasteiger partial charge on any atom is -0.438 e. The fourth-order valence-corrected chi connectivity index (χ4v) is 5.06. The van der Waals surface area contributed by atoms with Crippen molar-refractivity contribution in [2.24, 2.45) is 11.1 Å². The molecule has 1 aliphatic heterocycles. The summed E-state index contributed by atoms with van der Waals surface area (Å²) in [5, 5.41) is 2.19. The number of fused-ring (bicyclic) bond motifs is 2. The minimum absolute atomic E-state index is 0.0250. The molecule has 0 fully saturated rings. The number of carbonyl (C=O) groups excluding carboxylic acids is 2. The Morgan fingerprint density at radius 1 is 1.03 bits per heavy atom. The van der Waals surface area contributed by atoms with Crippen LogP contribution in [0.4, 0.5) is 4.79 Å². The van der Waals surface area contributed by atoms with E-state index >= 15 is 0 Å². The Kier molecular flexibility index (Phi) is 5.91. The number of nitrogens with one attached hydrogen (secondary N) is 1. The summed E-state index contributed by atoms with van der Waals surface area (Å²) in [7, 11) is -3.30. The van der Waals surface area contributed by atoms with Crippen molar-refractivity contribution in [3.8, 4) is 22.9 Å². The second kappa shape index (κ2) is 8.57. The predicted molar refractivity (Wildman–Crippen MR) is 127 cm³/mol. The van der Waals surface area contributed by atoms with Crippen molar-refractivity contribution < 1.29 is 22.7 Å². The number of hydrogen-bond donors (Lipinski definition) is 2. The summed E-state index contributed by atoms with van der Waals surface area (Å²) in [6, 6.07) is 16.6. The molecule has 34 heavy (non-hydrogen) atoms. The van der Waals surface area contributed by atoms with E-state index < -0.39 is 33.1 Å². The van der Waals surface area contributed by atoms with Gasteiger partial charge in [0.05, 0.1) is 21.8 Å². The van der Waals surface area contributed by atoms with E-state index in [1.807, 2.05) is 24.3 Å². The van der Waals surface area contributed by atoms with E-state index in [-0.39, 0.29) is 10.6 Å². The van der Waals surface area contributed by atoms with E-state index in [9.17, 15) is 18.0 Å². The number of para-hydroxylation sites is 1. The van der Waals surface area contributed by atoms with Gasteiger partial charge in [0.25, 0.3) is 0 Å². The molecule has 1 atom stereocenters. The molecule has 0 aliphatic carbocycles. The van der Waals surface area contributed by atoms with Gasteiger partial charge in [0.1, 0.15) is 5.75 Å². The summed E-state index contributed by atoms with van der Waals surface area (Å²) in [6.45, 7) is 5.08. The van der Waals surface area contributed by atoms with Crippen molar-refractivity contribution >= 4 is 21.8 Å². The first-order chi connectivity index (χ1) is 16.0. The molecule has 0 bridgehead atoms. The van der Waals surface area contributed by atoms with Gasteiger partial charge in [0, 0.05) is 22.6 Å². The number of rotatable bonds is 5. The number of nitrogens with two attached hydrogens (primary N) is 1. The van der Waals surface area contributed by atoms with Gasteiger partial charge in [-0.15, -0.1) is 0 Å². The molecular weight excluding hydrogens is 454 g/mol. The molecule has 0 saturated carbocycles. The van der Waals surface area contributed by atoms with Crippen LogP contribution in [-0.4, -0.2) is 31.1 Å². The Hall–Kier alpha value is -3.72. The summed E-state index contributed by atoms with van der Waals surface area (Å²) < 4.78 is 30.3. The third-order valence-electron chi connectivity index (χ3n) is 6.07. The quantitative estimate of drug-likeness (QED) is 0.569. The molecule has 2 heterocycles. The number of hydrogen-bond acceptors (Lipinski definition) is 6. The lowest BCUT2D eigenvalue weighted by Crippen LogP contribution is -2.46. The second-order valence-electron chi connectivity index (χ2n) is 8.63. The number of imide groups is 1. The van der Waals surface area contributed by atoms with Crippen molar-refractivity contribution in [3.63, 3.8) is 0 Å². The van der Waals surface area contributed by atoms with Crippen LogP contribution in [0.25, 0.3) is 11.3 Å². The van der Waals surface area contributed by atoms with E-state index in [4.69, 9.17) is 10.5 Å². The van der Waals surface area contributed by atoms with Crippen LogP contribution < -0.4 is 15.8 Å². The number of ether oxygens (including phenoxy) is 1. The van der Waals surface area contributed by atoms with E-state index in [0.29, 0.717) is 22.9 Å². The number of sulfone groups is 1. The van der Waals surface area contributed by atoms with Crippen molar-refractivity contribution in [2.45, 2.75) is 31.6 Å². The van der Waals surface area contributed by atoms with Crippen LogP contribution in [0.3, 0.4) is 0 Å². The van der Waals surface area contributed by atoms with E-state index in [1.165, 1.54) is 0 Å². The zero-order valence-corrected chi connectivity index (χ0v) is 19.8. The number of urea groups is 1. The minimum atomic E-state index is -3.30. The summed E-state index contributed by atoms with van der Waals surface area (Å²) in [5.41, 5.74) is 6.95. The average molecular weight is 480 g/mol. The highest BCUT2D eigenvalue weighted by molar-refractivity contribution is 7.91. The summed E-state index contributed by atoms with van der Waals surface area (Å²) in [5.74, 6) is -0.0349. The van der Waals surface area contributed by atoms with Gasteiger partial charge in [-0.25, -0.2) is 18.2 Å². The van der Waals surface area contributed by atoms with Gasteiger partial charge >= 0.3 is 6.03 Å². The van der Waals surface area contributed by atoms with Gasteiger partial charge in [0.2, 0.25) is 11.8 Å². The molecule has 1 aromatic heterocycles. The molecule has 2 aromatic carbocycles. The molecule has 3 N–H and O–H groups in total. The largest absolute Gasteiger partial charge is 0.438 e. The zero-order valence-electron chi connectivity index (χ0n) is 19.0. The fraction of sp³-hybridized carbons (Fsp3) is 0.240. The lowest BCUT2D eigenvalue weighted by Gasteiger charge is -2.37.